The van der Waals surface area contributed by atoms with Crippen LogP contribution in [0.5, 0.6) is 0 Å². The lowest BCUT2D eigenvalue weighted by Crippen LogP contribution is -2.00. The lowest BCUT2D eigenvalue weighted by molar-refractivity contribution is 0.515. The van der Waals surface area contributed by atoms with E-state index in [0.29, 0.717) is 23.3 Å². The number of anilines is 1. The van der Waals surface area contributed by atoms with Gasteiger partial charge in [0.05, 0.1) is 17.7 Å². The number of nitrogens with one attached hydrogen (secondary N) is 1. The van der Waals surface area contributed by atoms with Gasteiger partial charge >= 0.3 is 0 Å². The van der Waals surface area contributed by atoms with Gasteiger partial charge in [0, 0.05) is 22.2 Å². The second-order valence-electron chi connectivity index (χ2n) is 5.24. The highest BCUT2D eigenvalue weighted by atomic mass is 35.5. The highest BCUT2D eigenvalue weighted by Crippen LogP contribution is 2.23. The van der Waals surface area contributed by atoms with Crippen LogP contribution < -0.4 is 5.32 Å². The van der Waals surface area contributed by atoms with Gasteiger partial charge in [0.2, 0.25) is 11.8 Å². The number of nitrogens with zero attached hydrogens (tertiary/aromatic N) is 3. The minimum absolute atomic E-state index is 0.427. The van der Waals surface area contributed by atoms with Crippen LogP contribution in [-0.2, 0) is 6.54 Å². The summed E-state index contributed by atoms with van der Waals surface area (Å²) in [7, 11) is 0. The second kappa shape index (κ2) is 6.29. The maximum absolute atomic E-state index is 5.89. The topological polar surface area (TPSA) is 63.8 Å². The summed E-state index contributed by atoms with van der Waals surface area (Å²) in [6, 6.07) is 17.2. The van der Waals surface area contributed by atoms with Gasteiger partial charge in [-0.25, -0.2) is 0 Å². The number of hydrogen-bond acceptors (Lipinski definition) is 5. The molecule has 0 aliphatic rings. The molecule has 0 bridgehead atoms. The van der Waals surface area contributed by atoms with E-state index in [0.717, 1.165) is 22.2 Å². The van der Waals surface area contributed by atoms with E-state index in [-0.39, 0.29) is 0 Å². The number of pyridine rings is 1. The van der Waals surface area contributed by atoms with Crippen molar-refractivity contribution in [1.29, 1.82) is 0 Å². The molecule has 4 rings (SSSR count). The number of hydrogen-bond donors (Lipinski definition) is 1. The van der Waals surface area contributed by atoms with Gasteiger partial charge < -0.3 is 9.73 Å². The van der Waals surface area contributed by atoms with Gasteiger partial charge in [-0.2, -0.15) is 0 Å². The Labute approximate surface area is 143 Å². The first kappa shape index (κ1) is 14.7. The van der Waals surface area contributed by atoms with Gasteiger partial charge in [-0.15, -0.1) is 10.2 Å². The summed E-state index contributed by atoms with van der Waals surface area (Å²) in [5.74, 6) is 0.979. The Balaban J connectivity index is 1.53. The molecular weight excluding hydrogens is 324 g/mol. The Kier molecular flexibility index (Phi) is 3.84. The molecule has 0 saturated heterocycles. The van der Waals surface area contributed by atoms with E-state index in [1.165, 1.54) is 0 Å². The molecule has 4 aromatic rings. The zero-order chi connectivity index (χ0) is 16.4. The number of fused-ring (bicyclic) bond motifs is 1. The normalized spacial score (nSPS) is 10.9. The van der Waals surface area contributed by atoms with E-state index in [4.69, 9.17) is 16.0 Å². The fourth-order valence-electron chi connectivity index (χ4n) is 2.45. The largest absolute Gasteiger partial charge is 0.419 e. The molecule has 24 heavy (non-hydrogen) atoms. The first-order chi connectivity index (χ1) is 11.8. The van der Waals surface area contributed by atoms with Gasteiger partial charge in [-0.05, 0) is 36.4 Å². The smallest absolute Gasteiger partial charge is 0.247 e. The molecule has 2 aromatic carbocycles. The predicted octanol–water partition coefficient (Wildman–Crippen LogP) is 4.55. The standard InChI is InChI=1S/C18H13ClN4O/c19-14-8-6-13(7-9-14)18-23-22-16(24-18)11-21-15-5-1-3-12-4-2-10-20-17(12)15/h1-10,21H,11H2. The Morgan fingerprint density at radius 3 is 2.67 bits per heavy atom. The number of benzene rings is 2. The van der Waals surface area contributed by atoms with Crippen LogP contribution in [0.2, 0.25) is 5.02 Å². The summed E-state index contributed by atoms with van der Waals surface area (Å²) < 4.78 is 5.70. The van der Waals surface area contributed by atoms with Crippen LogP contribution in [0.25, 0.3) is 22.4 Å². The van der Waals surface area contributed by atoms with Crippen molar-refractivity contribution in [3.8, 4) is 11.5 Å². The van der Waals surface area contributed by atoms with Crippen molar-refractivity contribution in [3.05, 3.63) is 71.7 Å². The molecule has 0 saturated carbocycles. The molecule has 0 amide bonds. The van der Waals surface area contributed by atoms with Crippen LogP contribution in [0.1, 0.15) is 5.89 Å². The minimum Gasteiger partial charge on any atom is -0.419 e. The third kappa shape index (κ3) is 2.94. The zero-order valence-electron chi connectivity index (χ0n) is 12.6. The second-order valence-corrected chi connectivity index (χ2v) is 5.68. The third-order valence-corrected chi connectivity index (χ3v) is 3.87. The fraction of sp³-hybridized carbons (Fsp3) is 0.0556. The molecule has 1 N–H and O–H groups in total. The van der Waals surface area contributed by atoms with E-state index in [1.807, 2.05) is 42.5 Å². The van der Waals surface area contributed by atoms with Crippen molar-refractivity contribution in [2.45, 2.75) is 6.54 Å². The summed E-state index contributed by atoms with van der Waals surface area (Å²) in [6.45, 7) is 0.427. The van der Waals surface area contributed by atoms with Crippen molar-refractivity contribution in [1.82, 2.24) is 15.2 Å². The van der Waals surface area contributed by atoms with Crippen molar-refractivity contribution in [3.63, 3.8) is 0 Å². The molecule has 0 aliphatic heterocycles. The zero-order valence-corrected chi connectivity index (χ0v) is 13.4. The first-order valence-corrected chi connectivity index (χ1v) is 7.83. The van der Waals surface area contributed by atoms with Gasteiger partial charge in [0.15, 0.2) is 0 Å². The van der Waals surface area contributed by atoms with Gasteiger partial charge in [-0.1, -0.05) is 29.8 Å². The molecule has 2 aromatic heterocycles. The van der Waals surface area contributed by atoms with Gasteiger partial charge in [0.25, 0.3) is 0 Å². The van der Waals surface area contributed by atoms with Crippen LogP contribution in [0.3, 0.4) is 0 Å². The molecule has 6 heteroatoms. The number of aromatic nitrogens is 3. The summed E-state index contributed by atoms with van der Waals surface area (Å²) in [6.07, 6.45) is 1.78. The Morgan fingerprint density at radius 2 is 1.79 bits per heavy atom. The van der Waals surface area contributed by atoms with Crippen molar-refractivity contribution in [2.75, 3.05) is 5.32 Å². The lowest BCUT2D eigenvalue weighted by atomic mass is 10.2. The van der Waals surface area contributed by atoms with E-state index in [2.05, 4.69) is 20.5 Å². The quantitative estimate of drug-likeness (QED) is 0.592. The van der Waals surface area contributed by atoms with Crippen LogP contribution in [0, 0.1) is 0 Å². The van der Waals surface area contributed by atoms with E-state index >= 15 is 0 Å². The molecule has 0 aliphatic carbocycles. The SMILES string of the molecule is Clc1ccc(-c2nnc(CNc3cccc4cccnc34)o2)cc1. The molecule has 0 unspecified atom stereocenters. The van der Waals surface area contributed by atoms with Crippen molar-refractivity contribution >= 4 is 28.2 Å². The molecule has 0 spiro atoms. The molecule has 0 radical (unpaired) electrons. The lowest BCUT2D eigenvalue weighted by Gasteiger charge is -2.06. The maximum atomic E-state index is 5.89. The molecule has 0 fully saturated rings. The highest BCUT2D eigenvalue weighted by molar-refractivity contribution is 6.30. The van der Waals surface area contributed by atoms with Gasteiger partial charge in [-0.3, -0.25) is 4.98 Å². The van der Waals surface area contributed by atoms with E-state index < -0.39 is 0 Å². The molecule has 2 heterocycles. The Morgan fingerprint density at radius 1 is 0.958 bits per heavy atom. The van der Waals surface area contributed by atoms with E-state index in [1.54, 1.807) is 18.3 Å². The summed E-state index contributed by atoms with van der Waals surface area (Å²) in [5.41, 5.74) is 2.68. The Hall–Kier alpha value is -2.92. The monoisotopic (exact) mass is 336 g/mol. The summed E-state index contributed by atoms with van der Waals surface area (Å²) >= 11 is 5.89. The predicted molar refractivity (Wildman–Crippen MR) is 93.8 cm³/mol. The maximum Gasteiger partial charge on any atom is 0.247 e. The highest BCUT2D eigenvalue weighted by Gasteiger charge is 2.09. The van der Waals surface area contributed by atoms with Gasteiger partial charge in [0.1, 0.15) is 0 Å². The Bertz CT molecular complexity index is 976. The fourth-order valence-corrected chi connectivity index (χ4v) is 2.58. The van der Waals surface area contributed by atoms with E-state index in [9.17, 15) is 0 Å². The molecule has 0 atom stereocenters. The molecule has 5 nitrogen and oxygen atoms in total. The number of rotatable bonds is 4. The molecule has 118 valence electrons. The summed E-state index contributed by atoms with van der Waals surface area (Å²) in [5, 5.41) is 13.2. The van der Waals surface area contributed by atoms with Crippen molar-refractivity contribution in [2.24, 2.45) is 0 Å². The van der Waals surface area contributed by atoms with Crippen LogP contribution in [0.4, 0.5) is 5.69 Å². The van der Waals surface area contributed by atoms with Crippen LogP contribution >= 0.6 is 11.6 Å². The number of para-hydroxylation sites is 1. The van der Waals surface area contributed by atoms with Crippen LogP contribution in [-0.4, -0.2) is 15.2 Å². The minimum atomic E-state index is 0.427. The average molecular weight is 337 g/mol. The van der Waals surface area contributed by atoms with Crippen molar-refractivity contribution < 1.29 is 4.42 Å². The van der Waals surface area contributed by atoms with Crippen LogP contribution in [0.15, 0.2) is 65.2 Å². The average Bonchev–Trinajstić information content (AvgIpc) is 3.09. The third-order valence-electron chi connectivity index (χ3n) is 3.62. The summed E-state index contributed by atoms with van der Waals surface area (Å²) in [4.78, 5) is 4.41. The molecular formula is C18H13ClN4O. The first-order valence-electron chi connectivity index (χ1n) is 7.45. The number of halogens is 1.